The highest BCUT2D eigenvalue weighted by atomic mass is 32.2. The van der Waals surface area contributed by atoms with E-state index in [1.807, 2.05) is 11.4 Å². The average Bonchev–Trinajstić information content (AvgIpc) is 3.44. The first kappa shape index (κ1) is 23.7. The van der Waals surface area contributed by atoms with Crippen LogP contribution in [0.3, 0.4) is 0 Å². The number of nitriles is 1. The molecule has 1 aliphatic rings. The monoisotopic (exact) mass is 493 g/mol. The Labute approximate surface area is 202 Å². The first-order valence-electron chi connectivity index (χ1n) is 10.8. The lowest BCUT2D eigenvalue weighted by Gasteiger charge is -2.22. The molecule has 7 nitrogen and oxygen atoms in total. The van der Waals surface area contributed by atoms with Crippen LogP contribution >= 0.6 is 11.3 Å². The lowest BCUT2D eigenvalue weighted by atomic mass is 10.1. The van der Waals surface area contributed by atoms with Crippen LogP contribution in [-0.4, -0.2) is 26.0 Å². The Hall–Kier alpha value is -3.48. The summed E-state index contributed by atoms with van der Waals surface area (Å²) in [5.41, 5.74) is 1.24. The molecule has 2 amide bonds. The number of anilines is 2. The summed E-state index contributed by atoms with van der Waals surface area (Å²) < 4.78 is 25.1. The second-order valence-electron chi connectivity index (χ2n) is 8.17. The summed E-state index contributed by atoms with van der Waals surface area (Å²) in [6.07, 6.45) is 1.89. The Balaban J connectivity index is 1.57. The van der Waals surface area contributed by atoms with Gasteiger partial charge in [-0.25, -0.2) is 8.42 Å². The lowest BCUT2D eigenvalue weighted by molar-refractivity contribution is -0.115. The highest BCUT2D eigenvalue weighted by Gasteiger charge is 2.29. The van der Waals surface area contributed by atoms with Crippen LogP contribution in [-0.2, 0) is 14.6 Å². The zero-order chi connectivity index (χ0) is 24.3. The summed E-state index contributed by atoms with van der Waals surface area (Å²) >= 11 is 1.38. The molecule has 4 rings (SSSR count). The van der Waals surface area contributed by atoms with Gasteiger partial charge in [0.2, 0.25) is 5.91 Å². The molecule has 0 radical (unpaired) electrons. The van der Waals surface area contributed by atoms with Crippen molar-refractivity contribution in [3.8, 4) is 6.07 Å². The SMILES string of the molecule is CC(=O)N(c1ccc(S(=O)(=O)CC2CC2)cc1)c1cccc(C(=O)NC(C#N)c2cccs2)c1. The van der Waals surface area contributed by atoms with Crippen LogP contribution in [0, 0.1) is 17.2 Å². The fourth-order valence-corrected chi connectivity index (χ4v) is 6.05. The van der Waals surface area contributed by atoms with E-state index in [1.165, 1.54) is 35.3 Å². The number of benzene rings is 2. The first-order valence-corrected chi connectivity index (χ1v) is 13.3. The molecule has 0 spiro atoms. The molecule has 0 aliphatic heterocycles. The van der Waals surface area contributed by atoms with Gasteiger partial charge in [0.15, 0.2) is 15.9 Å². The third-order valence-electron chi connectivity index (χ3n) is 5.52. The Kier molecular flexibility index (Phi) is 6.82. The highest BCUT2D eigenvalue weighted by molar-refractivity contribution is 7.91. The zero-order valence-corrected chi connectivity index (χ0v) is 20.1. The smallest absolute Gasteiger partial charge is 0.252 e. The number of hydrogen-bond acceptors (Lipinski definition) is 6. The van der Waals surface area contributed by atoms with E-state index in [0.29, 0.717) is 16.9 Å². The largest absolute Gasteiger partial charge is 0.332 e. The summed E-state index contributed by atoms with van der Waals surface area (Å²) in [6, 6.07) is 17.6. The van der Waals surface area contributed by atoms with Gasteiger partial charge in [0.1, 0.15) is 0 Å². The minimum Gasteiger partial charge on any atom is -0.332 e. The normalized spacial score (nSPS) is 14.1. The third kappa shape index (κ3) is 5.35. The van der Waals surface area contributed by atoms with E-state index >= 15 is 0 Å². The van der Waals surface area contributed by atoms with Gasteiger partial charge in [-0.1, -0.05) is 12.1 Å². The summed E-state index contributed by atoms with van der Waals surface area (Å²) in [7, 11) is -3.36. The van der Waals surface area contributed by atoms with E-state index in [9.17, 15) is 23.3 Å². The maximum Gasteiger partial charge on any atom is 0.252 e. The van der Waals surface area contributed by atoms with Crippen LogP contribution in [0.5, 0.6) is 0 Å². The van der Waals surface area contributed by atoms with Crippen molar-refractivity contribution in [1.82, 2.24) is 5.32 Å². The molecule has 1 aliphatic carbocycles. The fraction of sp³-hybridized carbons (Fsp3) is 0.240. The van der Waals surface area contributed by atoms with Crippen molar-refractivity contribution in [1.29, 1.82) is 5.26 Å². The zero-order valence-electron chi connectivity index (χ0n) is 18.5. The maximum atomic E-state index is 12.8. The highest BCUT2D eigenvalue weighted by Crippen LogP contribution is 2.33. The molecule has 1 unspecified atom stereocenters. The predicted octanol–water partition coefficient (Wildman–Crippen LogP) is 4.61. The van der Waals surface area contributed by atoms with Crippen molar-refractivity contribution < 1.29 is 18.0 Å². The van der Waals surface area contributed by atoms with Gasteiger partial charge in [0, 0.05) is 28.7 Å². The molecule has 1 heterocycles. The quantitative estimate of drug-likeness (QED) is 0.493. The summed E-state index contributed by atoms with van der Waals surface area (Å²) in [5.74, 6) is -0.339. The molecule has 9 heteroatoms. The van der Waals surface area contributed by atoms with Crippen LogP contribution in [0.2, 0.25) is 0 Å². The second kappa shape index (κ2) is 9.79. The molecule has 34 heavy (non-hydrogen) atoms. The number of rotatable bonds is 8. The molecule has 0 bridgehead atoms. The van der Waals surface area contributed by atoms with Gasteiger partial charge >= 0.3 is 0 Å². The molecule has 1 aromatic heterocycles. The van der Waals surface area contributed by atoms with Gasteiger partial charge in [-0.05, 0) is 72.7 Å². The molecule has 2 aromatic carbocycles. The van der Waals surface area contributed by atoms with E-state index in [0.717, 1.165) is 17.7 Å². The van der Waals surface area contributed by atoms with Gasteiger partial charge in [-0.15, -0.1) is 11.3 Å². The van der Waals surface area contributed by atoms with Crippen molar-refractivity contribution in [3.63, 3.8) is 0 Å². The Morgan fingerprint density at radius 2 is 1.85 bits per heavy atom. The molecule has 0 saturated heterocycles. The molecule has 1 saturated carbocycles. The number of hydrogen-bond donors (Lipinski definition) is 1. The number of amides is 2. The van der Waals surface area contributed by atoms with Crippen LogP contribution in [0.25, 0.3) is 0 Å². The van der Waals surface area contributed by atoms with Crippen molar-refractivity contribution in [2.24, 2.45) is 5.92 Å². The van der Waals surface area contributed by atoms with Crippen molar-refractivity contribution in [3.05, 3.63) is 76.5 Å². The van der Waals surface area contributed by atoms with Gasteiger partial charge in [0.05, 0.1) is 16.7 Å². The second-order valence-corrected chi connectivity index (χ2v) is 11.2. The summed E-state index contributed by atoms with van der Waals surface area (Å²) in [6.45, 7) is 1.40. The average molecular weight is 494 g/mol. The number of nitrogens with one attached hydrogen (secondary N) is 1. The van der Waals surface area contributed by atoms with Crippen LogP contribution in [0.4, 0.5) is 11.4 Å². The van der Waals surface area contributed by atoms with Crippen LogP contribution < -0.4 is 10.2 Å². The third-order valence-corrected chi connectivity index (χ3v) is 8.36. The number of sulfone groups is 1. The maximum absolute atomic E-state index is 12.8. The van der Waals surface area contributed by atoms with Crippen molar-refractivity contribution >= 4 is 44.4 Å². The molecular weight excluding hydrogens is 470 g/mol. The van der Waals surface area contributed by atoms with E-state index in [4.69, 9.17) is 0 Å². The summed E-state index contributed by atoms with van der Waals surface area (Å²) in [5, 5.41) is 14.0. The first-order chi connectivity index (χ1) is 16.3. The topological polar surface area (TPSA) is 107 Å². The number of carbonyl (C=O) groups excluding carboxylic acids is 2. The minimum absolute atomic E-state index is 0.148. The van der Waals surface area contributed by atoms with Gasteiger partial charge < -0.3 is 5.32 Å². The minimum atomic E-state index is -3.36. The number of nitrogens with zero attached hydrogens (tertiary/aromatic N) is 2. The number of thiophene rings is 1. The fourth-order valence-electron chi connectivity index (χ4n) is 3.63. The molecule has 1 fully saturated rings. The molecule has 174 valence electrons. The Morgan fingerprint density at radius 1 is 1.12 bits per heavy atom. The van der Waals surface area contributed by atoms with Gasteiger partial charge in [-0.3, -0.25) is 14.5 Å². The molecule has 3 aromatic rings. The van der Waals surface area contributed by atoms with E-state index in [2.05, 4.69) is 11.4 Å². The van der Waals surface area contributed by atoms with Crippen LogP contribution in [0.1, 0.15) is 41.0 Å². The molecule has 1 atom stereocenters. The van der Waals surface area contributed by atoms with Gasteiger partial charge in [0.25, 0.3) is 5.91 Å². The van der Waals surface area contributed by atoms with E-state index in [-0.39, 0.29) is 22.5 Å². The Bertz CT molecular complexity index is 1340. The standard InChI is InChI=1S/C25H23N3O4S2/c1-17(29)28(20-9-11-22(12-10-20)34(31,32)16-18-7-8-18)21-5-2-4-19(14-21)25(30)27-23(15-26)24-6-3-13-33-24/h2-6,9-14,18,23H,7-8,16H2,1H3,(H,27,30). The van der Waals surface area contributed by atoms with E-state index in [1.54, 1.807) is 42.5 Å². The summed E-state index contributed by atoms with van der Waals surface area (Å²) in [4.78, 5) is 27.7. The van der Waals surface area contributed by atoms with Crippen molar-refractivity contribution in [2.45, 2.75) is 30.7 Å². The number of carbonyl (C=O) groups is 2. The lowest BCUT2D eigenvalue weighted by Crippen LogP contribution is -2.28. The molecule has 1 N–H and O–H groups in total. The van der Waals surface area contributed by atoms with Crippen molar-refractivity contribution in [2.75, 3.05) is 10.7 Å². The predicted molar refractivity (Wildman–Crippen MR) is 131 cm³/mol. The Morgan fingerprint density at radius 3 is 2.44 bits per heavy atom. The van der Waals surface area contributed by atoms with Gasteiger partial charge in [-0.2, -0.15) is 5.26 Å². The molecular formula is C25H23N3O4S2. The van der Waals surface area contributed by atoms with E-state index < -0.39 is 21.8 Å². The van der Waals surface area contributed by atoms with Crippen LogP contribution in [0.15, 0.2) is 70.9 Å².